The molecule has 4 nitrogen and oxygen atoms in total. The molecule has 0 spiro atoms. The Morgan fingerprint density at radius 3 is 1.96 bits per heavy atom. The summed E-state index contributed by atoms with van der Waals surface area (Å²) in [6.45, 7) is 0. The van der Waals surface area contributed by atoms with Gasteiger partial charge in [-0.05, 0) is 73.0 Å². The molecule has 1 aliphatic heterocycles. The number of fused-ring (bicyclic) bond motifs is 15. The molecule has 6 rings (SSSR count). The number of hydrogen-bond acceptors (Lipinski definition) is 4. The fourth-order valence-electron chi connectivity index (χ4n) is 8.73. The molecule has 0 aromatic heterocycles. The monoisotopic (exact) mass is 336 g/mol. The zero-order valence-corrected chi connectivity index (χ0v) is 15.3. The topological polar surface area (TPSA) is 40.2 Å². The van der Waals surface area contributed by atoms with Gasteiger partial charge in [0.2, 0.25) is 0 Å². The highest BCUT2D eigenvalue weighted by atomic mass is 28.4. The van der Waals surface area contributed by atoms with Crippen LogP contribution in [0.15, 0.2) is 0 Å². The smallest absolute Gasteiger partial charge is 0.377 e. The lowest BCUT2D eigenvalue weighted by molar-refractivity contribution is 0.0574. The first-order chi connectivity index (χ1) is 11.2. The Hall–Kier alpha value is 0.0569. The Kier molecular flexibility index (Phi) is 2.74. The molecule has 5 aliphatic carbocycles. The zero-order valence-electron chi connectivity index (χ0n) is 14.3. The lowest BCUT2D eigenvalue weighted by atomic mass is 9.64. The maximum absolute atomic E-state index is 6.02. The van der Waals surface area contributed by atoms with Gasteiger partial charge in [-0.2, -0.15) is 0 Å². The molecule has 11 unspecified atom stereocenters. The third kappa shape index (κ3) is 1.46. The Balaban J connectivity index is 1.35. The lowest BCUT2D eigenvalue weighted by Gasteiger charge is -2.43. The number of rotatable bonds is 4. The van der Waals surface area contributed by atoms with E-state index in [9.17, 15) is 0 Å². The van der Waals surface area contributed by atoms with Gasteiger partial charge in [0, 0.05) is 26.9 Å². The van der Waals surface area contributed by atoms with Gasteiger partial charge in [0.05, 0.1) is 12.2 Å². The summed E-state index contributed by atoms with van der Waals surface area (Å²) in [4.78, 5) is 0. The van der Waals surface area contributed by atoms with Crippen molar-refractivity contribution in [2.75, 3.05) is 21.3 Å². The van der Waals surface area contributed by atoms with Crippen molar-refractivity contribution < 1.29 is 18.0 Å². The summed E-state index contributed by atoms with van der Waals surface area (Å²) in [5.41, 5.74) is 0.526. The van der Waals surface area contributed by atoms with E-state index in [0.717, 1.165) is 47.3 Å². The van der Waals surface area contributed by atoms with Crippen molar-refractivity contribution in [2.45, 2.75) is 43.4 Å². The molecule has 11 atom stereocenters. The molecule has 6 fully saturated rings. The van der Waals surface area contributed by atoms with E-state index in [0.29, 0.717) is 17.7 Å². The van der Waals surface area contributed by atoms with Crippen molar-refractivity contribution >= 4 is 8.80 Å². The van der Waals surface area contributed by atoms with Crippen molar-refractivity contribution in [1.82, 2.24) is 0 Å². The normalized spacial score (nSPS) is 60.9. The zero-order chi connectivity index (χ0) is 15.5. The maximum Gasteiger partial charge on any atom is 0.503 e. The van der Waals surface area contributed by atoms with Gasteiger partial charge in [-0.25, -0.2) is 0 Å². The van der Waals surface area contributed by atoms with E-state index in [2.05, 4.69) is 0 Å². The van der Waals surface area contributed by atoms with E-state index in [4.69, 9.17) is 18.0 Å². The third-order valence-electron chi connectivity index (χ3n) is 9.04. The standard InChI is InChI=1S/C18H28O4Si/c1-19-23(20-2,21-3)13-5-4-8-9-6-10(14(8)13)16-12-7-11(15(9)16)17-18(12)22-17/h8-18H,4-7H2,1-3H3. The molecule has 0 aromatic carbocycles. The summed E-state index contributed by atoms with van der Waals surface area (Å²) in [7, 11) is 2.87. The van der Waals surface area contributed by atoms with E-state index in [1.54, 1.807) is 21.3 Å². The third-order valence-corrected chi connectivity index (χ3v) is 12.3. The van der Waals surface area contributed by atoms with Crippen molar-refractivity contribution in [3.05, 3.63) is 0 Å². The van der Waals surface area contributed by atoms with Crippen LogP contribution in [-0.2, 0) is 18.0 Å². The highest BCUT2D eigenvalue weighted by Gasteiger charge is 2.77. The first kappa shape index (κ1) is 14.2. The summed E-state index contributed by atoms with van der Waals surface area (Å²) in [6, 6.07) is 0. The molecule has 5 heteroatoms. The van der Waals surface area contributed by atoms with Gasteiger partial charge in [-0.1, -0.05) is 0 Å². The Morgan fingerprint density at radius 2 is 1.30 bits per heavy atom. The summed E-state index contributed by atoms with van der Waals surface area (Å²) >= 11 is 0. The van der Waals surface area contributed by atoms with Gasteiger partial charge in [-0.15, -0.1) is 0 Å². The van der Waals surface area contributed by atoms with Crippen LogP contribution in [-0.4, -0.2) is 42.3 Å². The predicted molar refractivity (Wildman–Crippen MR) is 85.6 cm³/mol. The Morgan fingerprint density at radius 1 is 0.696 bits per heavy atom. The fourth-order valence-corrected chi connectivity index (χ4v) is 11.6. The molecular weight excluding hydrogens is 308 g/mol. The molecule has 1 saturated heterocycles. The van der Waals surface area contributed by atoms with Crippen LogP contribution in [0.3, 0.4) is 0 Å². The van der Waals surface area contributed by atoms with Crippen molar-refractivity contribution in [2.24, 2.45) is 47.3 Å². The van der Waals surface area contributed by atoms with Crippen LogP contribution in [0.1, 0.15) is 25.7 Å². The van der Waals surface area contributed by atoms with Crippen LogP contribution in [0.5, 0.6) is 0 Å². The van der Waals surface area contributed by atoms with Gasteiger partial charge in [-0.3, -0.25) is 0 Å². The average Bonchev–Trinajstić information content (AvgIpc) is 3.03. The van der Waals surface area contributed by atoms with Crippen molar-refractivity contribution in [3.63, 3.8) is 0 Å². The van der Waals surface area contributed by atoms with Crippen LogP contribution in [0.2, 0.25) is 5.54 Å². The summed E-state index contributed by atoms with van der Waals surface area (Å²) in [5, 5.41) is 0. The second-order valence-corrected chi connectivity index (χ2v) is 12.2. The SMILES string of the molecule is CO[Si](OC)(OC)C1CCC2C3CC(C4C5CC(C6OC56)C34)C21. The van der Waals surface area contributed by atoms with Crippen LogP contribution < -0.4 is 0 Å². The minimum atomic E-state index is -2.51. The maximum atomic E-state index is 6.02. The van der Waals surface area contributed by atoms with E-state index in [-0.39, 0.29) is 0 Å². The molecule has 0 radical (unpaired) electrons. The lowest BCUT2D eigenvalue weighted by Crippen LogP contribution is -2.51. The molecule has 23 heavy (non-hydrogen) atoms. The molecule has 6 aliphatic rings. The fraction of sp³-hybridized carbons (Fsp3) is 1.00. The first-order valence-electron chi connectivity index (χ1n) is 9.55. The van der Waals surface area contributed by atoms with E-state index < -0.39 is 8.80 Å². The summed E-state index contributed by atoms with van der Waals surface area (Å²) in [5.74, 6) is 7.33. The molecular formula is C18H28O4Si. The van der Waals surface area contributed by atoms with Crippen LogP contribution in [0, 0.1) is 47.3 Å². The molecule has 0 aromatic rings. The Labute approximate surface area is 139 Å². The minimum absolute atomic E-state index is 0.526. The van der Waals surface area contributed by atoms with E-state index in [1.807, 2.05) is 0 Å². The van der Waals surface area contributed by atoms with Crippen molar-refractivity contribution in [3.8, 4) is 0 Å². The number of hydrogen-bond donors (Lipinski definition) is 0. The van der Waals surface area contributed by atoms with E-state index in [1.165, 1.54) is 25.7 Å². The highest BCUT2D eigenvalue weighted by molar-refractivity contribution is 6.62. The van der Waals surface area contributed by atoms with Gasteiger partial charge in [0.15, 0.2) is 0 Å². The van der Waals surface area contributed by atoms with Gasteiger partial charge < -0.3 is 18.0 Å². The van der Waals surface area contributed by atoms with E-state index >= 15 is 0 Å². The average molecular weight is 337 g/mol. The largest absolute Gasteiger partial charge is 0.503 e. The van der Waals surface area contributed by atoms with Crippen LogP contribution in [0.25, 0.3) is 0 Å². The molecule has 0 N–H and O–H groups in total. The summed E-state index contributed by atoms with van der Waals surface area (Å²) in [6.07, 6.45) is 6.90. The number of epoxide rings is 1. The second kappa shape index (κ2) is 4.42. The predicted octanol–water partition coefficient (Wildman–Crippen LogP) is 2.56. The molecule has 128 valence electrons. The van der Waals surface area contributed by atoms with Gasteiger partial charge in [0.1, 0.15) is 0 Å². The van der Waals surface area contributed by atoms with Gasteiger partial charge >= 0.3 is 8.80 Å². The quantitative estimate of drug-likeness (QED) is 0.449. The Bertz CT molecular complexity index is 529. The van der Waals surface area contributed by atoms with Crippen molar-refractivity contribution in [1.29, 1.82) is 0 Å². The first-order valence-corrected chi connectivity index (χ1v) is 11.3. The highest BCUT2D eigenvalue weighted by Crippen LogP contribution is 2.77. The summed E-state index contributed by atoms with van der Waals surface area (Å²) < 4.78 is 23.7. The van der Waals surface area contributed by atoms with Gasteiger partial charge in [0.25, 0.3) is 0 Å². The van der Waals surface area contributed by atoms with Crippen LogP contribution >= 0.6 is 0 Å². The second-order valence-electron chi connectivity index (χ2n) is 8.99. The molecule has 1 heterocycles. The molecule has 0 amide bonds. The van der Waals surface area contributed by atoms with Crippen LogP contribution in [0.4, 0.5) is 0 Å². The number of ether oxygens (including phenoxy) is 1. The molecule has 4 bridgehead atoms. The minimum Gasteiger partial charge on any atom is -0.377 e. The molecule has 5 saturated carbocycles.